The Labute approximate surface area is 129 Å². The summed E-state index contributed by atoms with van der Waals surface area (Å²) in [6.45, 7) is 4.55. The SMILES string of the molecule is Cc1cc(C(=O)NC2CCCN(Cc3cccnc3)C2)on1. The van der Waals surface area contributed by atoms with E-state index in [1.807, 2.05) is 12.3 Å². The molecule has 1 atom stereocenters. The maximum Gasteiger partial charge on any atom is 0.290 e. The molecule has 0 saturated carbocycles. The Bertz CT molecular complexity index is 626. The lowest BCUT2D eigenvalue weighted by Crippen LogP contribution is -2.47. The normalized spacial score (nSPS) is 19.0. The molecule has 1 aliphatic rings. The van der Waals surface area contributed by atoms with Gasteiger partial charge in [-0.05, 0) is 37.9 Å². The quantitative estimate of drug-likeness (QED) is 0.932. The van der Waals surface area contributed by atoms with Crippen LogP contribution in [0.2, 0.25) is 0 Å². The van der Waals surface area contributed by atoms with Crippen molar-refractivity contribution in [2.24, 2.45) is 0 Å². The van der Waals surface area contributed by atoms with E-state index >= 15 is 0 Å². The minimum absolute atomic E-state index is 0.142. The minimum atomic E-state index is -0.186. The van der Waals surface area contributed by atoms with Crippen LogP contribution in [0.25, 0.3) is 0 Å². The Morgan fingerprint density at radius 3 is 3.18 bits per heavy atom. The van der Waals surface area contributed by atoms with Crippen molar-refractivity contribution in [3.8, 4) is 0 Å². The highest BCUT2D eigenvalue weighted by atomic mass is 16.5. The van der Waals surface area contributed by atoms with Gasteiger partial charge in [-0.2, -0.15) is 0 Å². The van der Waals surface area contributed by atoms with Crippen LogP contribution in [0.4, 0.5) is 0 Å². The van der Waals surface area contributed by atoms with Gasteiger partial charge in [0.05, 0.1) is 5.69 Å². The first-order chi connectivity index (χ1) is 10.7. The second kappa shape index (κ2) is 6.70. The molecule has 1 fully saturated rings. The van der Waals surface area contributed by atoms with Crippen LogP contribution in [0.5, 0.6) is 0 Å². The zero-order chi connectivity index (χ0) is 15.4. The van der Waals surface area contributed by atoms with Gasteiger partial charge in [-0.3, -0.25) is 14.7 Å². The van der Waals surface area contributed by atoms with E-state index in [4.69, 9.17) is 4.52 Å². The van der Waals surface area contributed by atoms with Crippen LogP contribution in [0, 0.1) is 6.92 Å². The van der Waals surface area contributed by atoms with E-state index in [2.05, 4.69) is 26.4 Å². The average Bonchev–Trinajstić information content (AvgIpc) is 2.95. The molecular weight excluding hydrogens is 280 g/mol. The van der Waals surface area contributed by atoms with E-state index in [9.17, 15) is 4.79 Å². The smallest absolute Gasteiger partial charge is 0.290 e. The molecule has 1 saturated heterocycles. The number of carbonyl (C=O) groups excluding carboxylic acids is 1. The lowest BCUT2D eigenvalue weighted by Gasteiger charge is -2.32. The number of carbonyl (C=O) groups is 1. The number of hydrogen-bond donors (Lipinski definition) is 1. The Kier molecular flexibility index (Phi) is 4.48. The molecule has 6 heteroatoms. The van der Waals surface area contributed by atoms with Gasteiger partial charge in [0, 0.05) is 37.6 Å². The molecule has 3 heterocycles. The molecule has 1 N–H and O–H groups in total. The summed E-state index contributed by atoms with van der Waals surface area (Å²) in [6, 6.07) is 5.83. The number of piperidine rings is 1. The van der Waals surface area contributed by atoms with Crippen molar-refractivity contribution in [1.82, 2.24) is 20.4 Å². The van der Waals surface area contributed by atoms with Crippen LogP contribution in [0.15, 0.2) is 35.1 Å². The van der Waals surface area contributed by atoms with Gasteiger partial charge in [-0.25, -0.2) is 0 Å². The Morgan fingerprint density at radius 1 is 1.55 bits per heavy atom. The first-order valence-corrected chi connectivity index (χ1v) is 7.56. The fourth-order valence-corrected chi connectivity index (χ4v) is 2.79. The number of nitrogens with zero attached hydrogens (tertiary/aromatic N) is 3. The van der Waals surface area contributed by atoms with E-state index in [0.29, 0.717) is 5.69 Å². The molecule has 1 amide bonds. The lowest BCUT2D eigenvalue weighted by molar-refractivity contribution is 0.0864. The van der Waals surface area contributed by atoms with Gasteiger partial charge in [0.25, 0.3) is 5.91 Å². The number of nitrogens with one attached hydrogen (secondary N) is 1. The Morgan fingerprint density at radius 2 is 2.45 bits per heavy atom. The zero-order valence-electron chi connectivity index (χ0n) is 12.7. The van der Waals surface area contributed by atoms with E-state index in [1.54, 1.807) is 19.2 Å². The zero-order valence-corrected chi connectivity index (χ0v) is 12.7. The first-order valence-electron chi connectivity index (χ1n) is 7.56. The van der Waals surface area contributed by atoms with Crippen molar-refractivity contribution >= 4 is 5.91 Å². The Hall–Kier alpha value is -2.21. The van der Waals surface area contributed by atoms with Crippen LogP contribution < -0.4 is 5.32 Å². The molecule has 0 spiro atoms. The van der Waals surface area contributed by atoms with Gasteiger partial charge in [0.2, 0.25) is 5.76 Å². The van der Waals surface area contributed by atoms with Crippen molar-refractivity contribution in [2.75, 3.05) is 13.1 Å². The van der Waals surface area contributed by atoms with E-state index < -0.39 is 0 Å². The number of rotatable bonds is 4. The Balaban J connectivity index is 1.55. The van der Waals surface area contributed by atoms with Gasteiger partial charge < -0.3 is 9.84 Å². The van der Waals surface area contributed by atoms with Crippen molar-refractivity contribution in [2.45, 2.75) is 32.4 Å². The molecule has 0 bridgehead atoms. The molecule has 1 aliphatic heterocycles. The van der Waals surface area contributed by atoms with Crippen LogP contribution in [0.1, 0.15) is 34.7 Å². The summed E-state index contributed by atoms with van der Waals surface area (Å²) >= 11 is 0. The van der Waals surface area contributed by atoms with Crippen LogP contribution >= 0.6 is 0 Å². The summed E-state index contributed by atoms with van der Waals surface area (Å²) < 4.78 is 5.01. The highest BCUT2D eigenvalue weighted by Crippen LogP contribution is 2.14. The van der Waals surface area contributed by atoms with E-state index in [-0.39, 0.29) is 17.7 Å². The number of pyridine rings is 1. The van der Waals surface area contributed by atoms with Crippen molar-refractivity contribution in [1.29, 1.82) is 0 Å². The third-order valence-electron chi connectivity index (χ3n) is 3.82. The molecule has 2 aromatic heterocycles. The van der Waals surface area contributed by atoms with E-state index in [1.165, 1.54) is 5.56 Å². The predicted octanol–water partition coefficient (Wildman–Crippen LogP) is 1.77. The highest BCUT2D eigenvalue weighted by Gasteiger charge is 2.23. The first kappa shape index (κ1) is 14.7. The van der Waals surface area contributed by atoms with Crippen molar-refractivity contribution < 1.29 is 9.32 Å². The van der Waals surface area contributed by atoms with Gasteiger partial charge in [-0.15, -0.1) is 0 Å². The standard InChI is InChI=1S/C16H20N4O2/c1-12-8-15(22-19-12)16(21)18-14-5-3-7-20(11-14)10-13-4-2-6-17-9-13/h2,4,6,8-9,14H,3,5,7,10-11H2,1H3,(H,18,21). The lowest BCUT2D eigenvalue weighted by atomic mass is 10.0. The molecule has 2 aromatic rings. The molecule has 0 aromatic carbocycles. The third kappa shape index (κ3) is 3.71. The fourth-order valence-electron chi connectivity index (χ4n) is 2.79. The summed E-state index contributed by atoms with van der Waals surface area (Å²) in [4.78, 5) is 18.6. The highest BCUT2D eigenvalue weighted by molar-refractivity contribution is 5.91. The van der Waals surface area contributed by atoms with Gasteiger partial charge in [0.15, 0.2) is 0 Å². The summed E-state index contributed by atoms with van der Waals surface area (Å²) in [6.07, 6.45) is 5.73. The van der Waals surface area contributed by atoms with Crippen LogP contribution in [-0.2, 0) is 6.54 Å². The molecule has 0 radical (unpaired) electrons. The second-order valence-corrected chi connectivity index (χ2v) is 5.74. The molecule has 0 aliphatic carbocycles. The number of aryl methyl sites for hydroxylation is 1. The number of aromatic nitrogens is 2. The predicted molar refractivity (Wildman–Crippen MR) is 81.2 cm³/mol. The monoisotopic (exact) mass is 300 g/mol. The molecule has 6 nitrogen and oxygen atoms in total. The average molecular weight is 300 g/mol. The molecule has 1 unspecified atom stereocenters. The number of likely N-dealkylation sites (tertiary alicyclic amines) is 1. The molecule has 3 rings (SSSR count). The van der Waals surface area contributed by atoms with Gasteiger partial charge in [-0.1, -0.05) is 11.2 Å². The van der Waals surface area contributed by atoms with Gasteiger partial charge >= 0.3 is 0 Å². The number of hydrogen-bond acceptors (Lipinski definition) is 5. The number of amides is 1. The minimum Gasteiger partial charge on any atom is -0.351 e. The summed E-state index contributed by atoms with van der Waals surface area (Å²) in [5.74, 6) is 0.0933. The maximum absolute atomic E-state index is 12.1. The van der Waals surface area contributed by atoms with Gasteiger partial charge in [0.1, 0.15) is 0 Å². The van der Waals surface area contributed by atoms with Crippen LogP contribution in [-0.4, -0.2) is 40.1 Å². The molecule has 116 valence electrons. The fraction of sp³-hybridized carbons (Fsp3) is 0.438. The summed E-state index contributed by atoms with van der Waals surface area (Å²) in [5.41, 5.74) is 1.91. The second-order valence-electron chi connectivity index (χ2n) is 5.74. The van der Waals surface area contributed by atoms with Crippen LogP contribution in [0.3, 0.4) is 0 Å². The van der Waals surface area contributed by atoms with Crippen molar-refractivity contribution in [3.05, 3.63) is 47.6 Å². The topological polar surface area (TPSA) is 71.3 Å². The maximum atomic E-state index is 12.1. The molecular formula is C16H20N4O2. The van der Waals surface area contributed by atoms with Crippen molar-refractivity contribution in [3.63, 3.8) is 0 Å². The third-order valence-corrected chi connectivity index (χ3v) is 3.82. The largest absolute Gasteiger partial charge is 0.351 e. The summed E-state index contributed by atoms with van der Waals surface area (Å²) in [5, 5.41) is 6.78. The summed E-state index contributed by atoms with van der Waals surface area (Å²) in [7, 11) is 0. The molecule has 22 heavy (non-hydrogen) atoms. The van der Waals surface area contributed by atoms with E-state index in [0.717, 1.165) is 32.5 Å².